The van der Waals surface area contributed by atoms with Gasteiger partial charge in [0.2, 0.25) is 0 Å². The number of nitrogens with one attached hydrogen (secondary N) is 1. The second-order valence-electron chi connectivity index (χ2n) is 5.59. The van der Waals surface area contributed by atoms with E-state index in [0.717, 1.165) is 31.7 Å². The number of hydrogen-bond donors (Lipinski definition) is 1. The van der Waals surface area contributed by atoms with Gasteiger partial charge in [0.05, 0.1) is 0 Å². The summed E-state index contributed by atoms with van der Waals surface area (Å²) >= 11 is 6.29. The van der Waals surface area contributed by atoms with E-state index in [1.54, 1.807) is 0 Å². The molecule has 2 fully saturated rings. The van der Waals surface area contributed by atoms with Gasteiger partial charge in [-0.05, 0) is 36.5 Å². The van der Waals surface area contributed by atoms with Gasteiger partial charge in [0.25, 0.3) is 0 Å². The first-order valence-electron chi connectivity index (χ1n) is 7.15. The van der Waals surface area contributed by atoms with Crippen molar-refractivity contribution in [1.29, 1.82) is 0 Å². The lowest BCUT2D eigenvalue weighted by Crippen LogP contribution is -2.47. The number of nitrogens with zero attached hydrogens (tertiary/aromatic N) is 1. The Morgan fingerprint density at radius 2 is 2.00 bits per heavy atom. The smallest absolute Gasteiger partial charge is 0.124 e. The van der Waals surface area contributed by atoms with Crippen LogP contribution in [0.1, 0.15) is 30.9 Å². The summed E-state index contributed by atoms with van der Waals surface area (Å²) in [5.41, 5.74) is 1.11. The van der Waals surface area contributed by atoms with Crippen LogP contribution in [0.5, 0.6) is 0 Å². The molecule has 1 aliphatic heterocycles. The lowest BCUT2D eigenvalue weighted by molar-refractivity contribution is 0.0837. The highest BCUT2D eigenvalue weighted by Gasteiger charge is 2.34. The number of benzene rings is 1. The van der Waals surface area contributed by atoms with Gasteiger partial charge < -0.3 is 5.32 Å². The van der Waals surface area contributed by atoms with Crippen molar-refractivity contribution in [2.45, 2.75) is 25.3 Å². The Hall–Kier alpha value is -0.640. The molecular weight excluding hydrogens is 263 g/mol. The van der Waals surface area contributed by atoms with Crippen LogP contribution in [0.4, 0.5) is 4.39 Å². The molecule has 0 aromatic heterocycles. The second-order valence-corrected chi connectivity index (χ2v) is 5.99. The third-order valence-electron chi connectivity index (χ3n) is 4.42. The Bertz CT molecular complexity index is 442. The summed E-state index contributed by atoms with van der Waals surface area (Å²) in [5.74, 6) is 0.433. The molecule has 1 aromatic rings. The van der Waals surface area contributed by atoms with Crippen LogP contribution in [-0.4, -0.2) is 31.1 Å². The first-order valence-corrected chi connectivity index (χ1v) is 7.53. The van der Waals surface area contributed by atoms with Gasteiger partial charge in [-0.25, -0.2) is 4.39 Å². The zero-order valence-corrected chi connectivity index (χ0v) is 11.8. The fourth-order valence-electron chi connectivity index (χ4n) is 3.21. The predicted molar refractivity (Wildman–Crippen MR) is 75.9 cm³/mol. The van der Waals surface area contributed by atoms with E-state index in [9.17, 15) is 4.39 Å². The minimum atomic E-state index is -0.249. The Morgan fingerprint density at radius 3 is 2.58 bits per heavy atom. The van der Waals surface area contributed by atoms with Gasteiger partial charge in [-0.15, -0.1) is 0 Å². The Balaban J connectivity index is 1.88. The molecule has 19 heavy (non-hydrogen) atoms. The van der Waals surface area contributed by atoms with E-state index in [4.69, 9.17) is 11.6 Å². The monoisotopic (exact) mass is 282 g/mol. The lowest BCUT2D eigenvalue weighted by Gasteiger charge is -2.43. The SMILES string of the molecule is Fc1ccc([C@H](C2CCC2)N2CCNCC2)c(Cl)c1. The van der Waals surface area contributed by atoms with Crippen LogP contribution in [-0.2, 0) is 0 Å². The lowest BCUT2D eigenvalue weighted by atomic mass is 9.76. The van der Waals surface area contributed by atoms with E-state index in [2.05, 4.69) is 10.2 Å². The molecule has 0 radical (unpaired) electrons. The number of hydrogen-bond acceptors (Lipinski definition) is 2. The summed E-state index contributed by atoms with van der Waals surface area (Å²) in [6.45, 7) is 4.16. The summed E-state index contributed by atoms with van der Waals surface area (Å²) < 4.78 is 13.2. The molecule has 1 atom stereocenters. The van der Waals surface area contributed by atoms with Crippen molar-refractivity contribution in [3.05, 3.63) is 34.6 Å². The van der Waals surface area contributed by atoms with Gasteiger partial charge in [0.15, 0.2) is 0 Å². The summed E-state index contributed by atoms with van der Waals surface area (Å²) in [7, 11) is 0. The van der Waals surface area contributed by atoms with E-state index in [1.165, 1.54) is 31.4 Å². The maximum atomic E-state index is 13.2. The predicted octanol–water partition coefficient (Wildman–Crippen LogP) is 3.23. The normalized spacial score (nSPS) is 23.1. The Labute approximate surface area is 118 Å². The molecule has 1 aliphatic carbocycles. The minimum absolute atomic E-state index is 0.249. The molecule has 1 saturated heterocycles. The molecule has 0 bridgehead atoms. The van der Waals surface area contributed by atoms with Crippen LogP contribution in [0.25, 0.3) is 0 Å². The second kappa shape index (κ2) is 5.78. The first-order chi connectivity index (χ1) is 9.25. The number of halogens is 2. The summed E-state index contributed by atoms with van der Waals surface area (Å²) in [5, 5.41) is 3.96. The van der Waals surface area contributed by atoms with Crippen LogP contribution < -0.4 is 5.32 Å². The van der Waals surface area contributed by atoms with Gasteiger partial charge in [0.1, 0.15) is 5.82 Å². The molecule has 104 valence electrons. The minimum Gasteiger partial charge on any atom is -0.314 e. The Morgan fingerprint density at radius 1 is 1.26 bits per heavy atom. The van der Waals surface area contributed by atoms with Crippen molar-refractivity contribution in [2.24, 2.45) is 5.92 Å². The number of piperazine rings is 1. The van der Waals surface area contributed by atoms with Crippen molar-refractivity contribution in [2.75, 3.05) is 26.2 Å². The highest BCUT2D eigenvalue weighted by atomic mass is 35.5. The molecule has 0 amide bonds. The average Bonchev–Trinajstić information content (AvgIpc) is 2.35. The average molecular weight is 283 g/mol. The maximum Gasteiger partial charge on any atom is 0.124 e. The van der Waals surface area contributed by atoms with E-state index in [0.29, 0.717) is 17.0 Å². The summed E-state index contributed by atoms with van der Waals surface area (Å²) in [4.78, 5) is 2.51. The van der Waals surface area contributed by atoms with Crippen molar-refractivity contribution >= 4 is 11.6 Å². The van der Waals surface area contributed by atoms with Gasteiger partial charge in [-0.2, -0.15) is 0 Å². The topological polar surface area (TPSA) is 15.3 Å². The van der Waals surface area contributed by atoms with E-state index in [1.807, 2.05) is 6.07 Å². The van der Waals surface area contributed by atoms with Gasteiger partial charge >= 0.3 is 0 Å². The summed E-state index contributed by atoms with van der Waals surface area (Å²) in [6, 6.07) is 5.23. The molecule has 2 nitrogen and oxygen atoms in total. The van der Waals surface area contributed by atoms with Crippen LogP contribution in [0.15, 0.2) is 18.2 Å². The molecule has 0 unspecified atom stereocenters. The molecule has 1 heterocycles. The highest BCUT2D eigenvalue weighted by Crippen LogP contribution is 2.43. The van der Waals surface area contributed by atoms with Crippen LogP contribution in [0.2, 0.25) is 5.02 Å². The zero-order valence-electron chi connectivity index (χ0n) is 11.0. The van der Waals surface area contributed by atoms with E-state index < -0.39 is 0 Å². The molecule has 0 spiro atoms. The van der Waals surface area contributed by atoms with Gasteiger partial charge in [0, 0.05) is 37.2 Å². The molecular formula is C15H20ClFN2. The van der Waals surface area contributed by atoms with Crippen molar-refractivity contribution in [3.63, 3.8) is 0 Å². The van der Waals surface area contributed by atoms with Gasteiger partial charge in [-0.3, -0.25) is 4.90 Å². The highest BCUT2D eigenvalue weighted by molar-refractivity contribution is 6.31. The van der Waals surface area contributed by atoms with Crippen LogP contribution in [0, 0.1) is 11.7 Å². The van der Waals surface area contributed by atoms with Crippen molar-refractivity contribution < 1.29 is 4.39 Å². The summed E-state index contributed by atoms with van der Waals surface area (Å²) in [6.07, 6.45) is 3.84. The molecule has 4 heteroatoms. The van der Waals surface area contributed by atoms with E-state index in [-0.39, 0.29) is 5.82 Å². The third-order valence-corrected chi connectivity index (χ3v) is 4.75. The fraction of sp³-hybridized carbons (Fsp3) is 0.600. The molecule has 1 N–H and O–H groups in total. The van der Waals surface area contributed by atoms with Gasteiger partial charge in [-0.1, -0.05) is 24.1 Å². The number of rotatable bonds is 3. The molecule has 2 aliphatic rings. The molecule has 3 rings (SSSR count). The van der Waals surface area contributed by atoms with Crippen molar-refractivity contribution in [1.82, 2.24) is 10.2 Å². The Kier molecular flexibility index (Phi) is 4.06. The quantitative estimate of drug-likeness (QED) is 0.916. The third kappa shape index (κ3) is 2.78. The van der Waals surface area contributed by atoms with Crippen LogP contribution in [0.3, 0.4) is 0 Å². The first kappa shape index (κ1) is 13.3. The fourth-order valence-corrected chi connectivity index (χ4v) is 3.49. The van der Waals surface area contributed by atoms with Crippen molar-refractivity contribution in [3.8, 4) is 0 Å². The molecule has 1 aromatic carbocycles. The molecule has 1 saturated carbocycles. The maximum absolute atomic E-state index is 13.2. The standard InChI is InChI=1S/C15H20ClFN2/c16-14-10-12(17)4-5-13(14)15(11-2-1-3-11)19-8-6-18-7-9-19/h4-5,10-11,15,18H,1-3,6-9H2/t15-/m0/s1. The van der Waals surface area contributed by atoms with Crippen LogP contribution >= 0.6 is 11.6 Å². The zero-order chi connectivity index (χ0) is 13.2. The largest absolute Gasteiger partial charge is 0.314 e. The van der Waals surface area contributed by atoms with E-state index >= 15 is 0 Å².